The van der Waals surface area contributed by atoms with Crippen LogP contribution in [-0.2, 0) is 18.8 Å². The van der Waals surface area contributed by atoms with Gasteiger partial charge in [0.2, 0.25) is 11.8 Å². The lowest BCUT2D eigenvalue weighted by Crippen LogP contribution is -2.53. The number of methoxy groups -OCH3 is 1. The van der Waals surface area contributed by atoms with E-state index in [0.717, 1.165) is 11.1 Å². The predicted molar refractivity (Wildman–Crippen MR) is 263 cm³/mol. The Morgan fingerprint density at radius 2 is 1.37 bits per heavy atom. The van der Waals surface area contributed by atoms with Crippen molar-refractivity contribution in [3.8, 4) is 11.5 Å². The molecule has 3 unspecified atom stereocenters. The van der Waals surface area contributed by atoms with Crippen molar-refractivity contribution in [2.24, 2.45) is 5.92 Å². The van der Waals surface area contributed by atoms with Gasteiger partial charge in [-0.25, -0.2) is 9.59 Å². The van der Waals surface area contributed by atoms with E-state index in [1.807, 2.05) is 18.3 Å². The van der Waals surface area contributed by atoms with Crippen LogP contribution in [-0.4, -0.2) is 94.0 Å². The second-order valence-electron chi connectivity index (χ2n) is 20.9. The van der Waals surface area contributed by atoms with Gasteiger partial charge in [0.25, 0.3) is 14.2 Å². The van der Waals surface area contributed by atoms with Crippen LogP contribution in [0.25, 0.3) is 5.57 Å². The molecule has 0 aliphatic carbocycles. The molecule has 65 heavy (non-hydrogen) atoms. The van der Waals surface area contributed by atoms with Crippen LogP contribution in [0.3, 0.4) is 0 Å². The third kappa shape index (κ3) is 13.8. The van der Waals surface area contributed by atoms with Crippen molar-refractivity contribution in [3.63, 3.8) is 0 Å². The van der Waals surface area contributed by atoms with Crippen molar-refractivity contribution in [1.29, 1.82) is 0 Å². The molecule has 0 radical (unpaired) electrons. The number of carbonyl (C=O) groups excluding carboxylic acids is 4. The Kier molecular flexibility index (Phi) is 18.1. The number of amides is 5. The Morgan fingerprint density at radius 3 is 1.85 bits per heavy atom. The van der Waals surface area contributed by atoms with Gasteiger partial charge in [-0.3, -0.25) is 19.7 Å². The average Bonchev–Trinajstić information content (AvgIpc) is 3.60. The molecule has 1 aliphatic heterocycles. The number of nitrogens with one attached hydrogen (secondary N) is 4. The van der Waals surface area contributed by atoms with Crippen LogP contribution in [0.4, 0.5) is 21.0 Å². The summed E-state index contributed by atoms with van der Waals surface area (Å²) in [7, 11) is -3.26. The number of carbonyl (C=O) groups is 5. The van der Waals surface area contributed by atoms with E-state index in [-0.39, 0.29) is 45.4 Å². The number of rotatable bonds is 18. The molecule has 2 aromatic carbocycles. The highest BCUT2D eigenvalue weighted by Crippen LogP contribution is 2.47. The summed E-state index contributed by atoms with van der Waals surface area (Å²) < 4.78 is 25.5. The van der Waals surface area contributed by atoms with Crippen LogP contribution >= 0.6 is 0 Å². The average molecular weight is 940 g/mol. The maximum atomic E-state index is 15.1. The fourth-order valence-corrected chi connectivity index (χ4v) is 14.3. The summed E-state index contributed by atoms with van der Waals surface area (Å²) in [5.41, 5.74) is 2.42. The Hall–Kier alpha value is -4.88. The molecule has 5 amide bonds. The smallest absolute Gasteiger partial charge is 0.412 e. The first-order chi connectivity index (χ1) is 29.8. The van der Waals surface area contributed by atoms with Crippen LogP contribution in [0.2, 0.25) is 34.8 Å². The highest BCUT2D eigenvalue weighted by atomic mass is 28.4. The van der Waals surface area contributed by atoms with E-state index in [9.17, 15) is 19.2 Å². The van der Waals surface area contributed by atoms with Crippen LogP contribution in [0.1, 0.15) is 126 Å². The minimum atomic E-state index is -2.53. The van der Waals surface area contributed by atoms with Gasteiger partial charge in [-0.05, 0) is 104 Å². The monoisotopic (exact) mass is 940 g/mol. The molecule has 3 atom stereocenters. The molecule has 0 aromatic heterocycles. The molecule has 0 bridgehead atoms. The SMILES string of the molecule is COc1cc(C(=O)N2C=C(c3ccc(NC(=O)C(C)NC(=O)C(NC(=O)O)C(C)C)cc3)CC2CO[Si](C)(C)C(C)(C)C)c(NC(=O)OC(C)(C)C)cc1O[Si](C(C)C)(C(C)C)C(C)C. The zero-order chi connectivity index (χ0) is 49.6. The Labute approximate surface area is 389 Å². The summed E-state index contributed by atoms with van der Waals surface area (Å²) in [6, 6.07) is 8.06. The fourth-order valence-electron chi connectivity index (χ4n) is 7.99. The Morgan fingerprint density at radius 1 is 0.800 bits per heavy atom. The minimum Gasteiger partial charge on any atom is -0.540 e. The molecular formula is C48H77N5O10Si2. The quantitative estimate of drug-likeness (QED) is 0.0898. The summed E-state index contributed by atoms with van der Waals surface area (Å²) in [5.74, 6) is -1.03. The number of hydrogen-bond acceptors (Lipinski definition) is 9. The van der Waals surface area contributed by atoms with Gasteiger partial charge in [-0.2, -0.15) is 0 Å². The standard InChI is InChI=1S/C48H77N5O10Si2/c1-28(2)41(52-45(57)58)43(55)49-32(9)42(54)50-35-21-19-33(20-22-35)34-23-36(27-61-64(17,18)48(13,14)15)53(26-34)44(56)37-24-39(60-16)40(25-38(37)51-46(59)62-47(10,11)12)63-65(29(3)4,30(5)6)31(7)8/h19-22,24-26,28-32,36,41,52H,23,27H2,1-18H3,(H,49,55)(H,50,54)(H,51,59)(H,57,58). The van der Waals surface area contributed by atoms with Crippen LogP contribution < -0.4 is 30.4 Å². The van der Waals surface area contributed by atoms with Crippen molar-refractivity contribution in [3.05, 3.63) is 53.7 Å². The Bertz CT molecular complexity index is 2030. The fraction of sp³-hybridized carbons (Fsp3) is 0.604. The van der Waals surface area contributed by atoms with Gasteiger partial charge in [0, 0.05) is 18.0 Å². The van der Waals surface area contributed by atoms with Gasteiger partial charge in [0.1, 0.15) is 23.4 Å². The lowest BCUT2D eigenvalue weighted by atomic mass is 10.0. The molecule has 15 nitrogen and oxygen atoms in total. The van der Waals surface area contributed by atoms with E-state index < -0.39 is 70.3 Å². The second kappa shape index (κ2) is 21.6. The van der Waals surface area contributed by atoms with Crippen LogP contribution in [0, 0.1) is 5.92 Å². The molecule has 1 heterocycles. The normalized spacial score (nSPS) is 15.7. The second-order valence-corrected chi connectivity index (χ2v) is 31.0. The van der Waals surface area contributed by atoms with Gasteiger partial charge in [0.05, 0.1) is 31.0 Å². The third-order valence-electron chi connectivity index (χ3n) is 12.5. The molecule has 0 saturated heterocycles. The first-order valence-electron chi connectivity index (χ1n) is 22.6. The lowest BCUT2D eigenvalue weighted by Gasteiger charge is -2.42. The van der Waals surface area contributed by atoms with Gasteiger partial charge in [-0.1, -0.05) is 88.3 Å². The molecule has 0 fully saturated rings. The molecule has 0 spiro atoms. The number of benzene rings is 2. The molecule has 2 aromatic rings. The summed E-state index contributed by atoms with van der Waals surface area (Å²) in [5, 5.41) is 19.5. The first-order valence-corrected chi connectivity index (χ1v) is 27.7. The van der Waals surface area contributed by atoms with Gasteiger partial charge >= 0.3 is 12.2 Å². The summed E-state index contributed by atoms with van der Waals surface area (Å²) in [6.45, 7) is 34.4. The number of ether oxygens (including phenoxy) is 2. The lowest BCUT2D eigenvalue weighted by molar-refractivity contribution is -0.128. The number of hydrogen-bond donors (Lipinski definition) is 5. The van der Waals surface area contributed by atoms with E-state index >= 15 is 4.79 Å². The van der Waals surface area contributed by atoms with Crippen molar-refractivity contribution in [2.45, 2.75) is 169 Å². The van der Waals surface area contributed by atoms with Crippen molar-refractivity contribution in [1.82, 2.24) is 15.5 Å². The summed E-state index contributed by atoms with van der Waals surface area (Å²) in [6.07, 6.45) is 0.204. The summed E-state index contributed by atoms with van der Waals surface area (Å²) >= 11 is 0. The van der Waals surface area contributed by atoms with Gasteiger partial charge in [-0.15, -0.1) is 0 Å². The number of anilines is 2. The van der Waals surface area contributed by atoms with E-state index in [4.69, 9.17) is 23.4 Å². The van der Waals surface area contributed by atoms with E-state index in [2.05, 4.69) is 96.7 Å². The topological polar surface area (TPSA) is 194 Å². The van der Waals surface area contributed by atoms with Crippen LogP contribution in [0.15, 0.2) is 42.6 Å². The highest BCUT2D eigenvalue weighted by molar-refractivity contribution is 6.78. The zero-order valence-electron chi connectivity index (χ0n) is 42.1. The molecule has 17 heteroatoms. The van der Waals surface area contributed by atoms with Crippen molar-refractivity contribution < 1.29 is 47.4 Å². The third-order valence-corrected chi connectivity index (χ3v) is 23.0. The van der Waals surface area contributed by atoms with Gasteiger partial charge < -0.3 is 44.3 Å². The number of nitrogens with zero attached hydrogens (tertiary/aromatic N) is 1. The van der Waals surface area contributed by atoms with E-state index in [0.29, 0.717) is 23.6 Å². The highest BCUT2D eigenvalue weighted by Gasteiger charge is 2.48. The maximum Gasteiger partial charge on any atom is 0.412 e. The summed E-state index contributed by atoms with van der Waals surface area (Å²) in [4.78, 5) is 67.4. The largest absolute Gasteiger partial charge is 0.540 e. The van der Waals surface area contributed by atoms with Gasteiger partial charge in [0.15, 0.2) is 14.1 Å². The van der Waals surface area contributed by atoms with E-state index in [1.54, 1.807) is 63.8 Å². The minimum absolute atomic E-state index is 0.0863. The van der Waals surface area contributed by atoms with Crippen LogP contribution in [0.5, 0.6) is 11.5 Å². The molecule has 1 aliphatic rings. The van der Waals surface area contributed by atoms with E-state index in [1.165, 1.54) is 14.0 Å². The Balaban J connectivity index is 2.10. The molecule has 362 valence electrons. The first kappa shape index (κ1) is 54.5. The van der Waals surface area contributed by atoms with Crippen molar-refractivity contribution in [2.75, 3.05) is 24.4 Å². The van der Waals surface area contributed by atoms with Crippen molar-refractivity contribution >= 4 is 63.5 Å². The molecule has 0 saturated carbocycles. The molecule has 5 N–H and O–H groups in total. The maximum absolute atomic E-state index is 15.1. The zero-order valence-corrected chi connectivity index (χ0v) is 44.1. The predicted octanol–water partition coefficient (Wildman–Crippen LogP) is 10.6. The number of carboxylic acid groups (broad SMARTS) is 1. The molecular weight excluding hydrogens is 863 g/mol. The molecule has 3 rings (SSSR count).